The number of ether oxygens (including phenoxy) is 2. The number of carbonyl (C=O) groups excluding carboxylic acids is 2. The van der Waals surface area contributed by atoms with Crippen molar-refractivity contribution in [1.82, 2.24) is 15.1 Å². The second-order valence-corrected chi connectivity index (χ2v) is 6.91. The molecule has 0 bridgehead atoms. The second kappa shape index (κ2) is 9.34. The highest BCUT2D eigenvalue weighted by molar-refractivity contribution is 5.81. The van der Waals surface area contributed by atoms with Crippen LogP contribution in [0.2, 0.25) is 0 Å². The van der Waals surface area contributed by atoms with Crippen molar-refractivity contribution >= 4 is 11.8 Å². The van der Waals surface area contributed by atoms with Crippen molar-refractivity contribution in [1.29, 1.82) is 0 Å². The lowest BCUT2D eigenvalue weighted by molar-refractivity contribution is -0.139. The molecule has 2 amide bonds. The Morgan fingerprint density at radius 3 is 2.50 bits per heavy atom. The lowest BCUT2D eigenvalue weighted by Gasteiger charge is -2.37. The summed E-state index contributed by atoms with van der Waals surface area (Å²) in [5.41, 5.74) is 0. The first-order valence-electron chi connectivity index (χ1n) is 8.99. The average Bonchev–Trinajstić information content (AvgIpc) is 3.07. The topological polar surface area (TPSA) is 71.1 Å². The number of rotatable bonds is 7. The third-order valence-corrected chi connectivity index (χ3v) is 4.58. The maximum Gasteiger partial charge on any atom is 0.248 e. The minimum atomic E-state index is -0.166. The first-order valence-corrected chi connectivity index (χ1v) is 8.99. The van der Waals surface area contributed by atoms with Gasteiger partial charge in [-0.25, -0.2) is 0 Å². The molecule has 2 aliphatic rings. The van der Waals surface area contributed by atoms with Gasteiger partial charge in [0.2, 0.25) is 11.8 Å². The van der Waals surface area contributed by atoms with E-state index in [0.717, 1.165) is 19.4 Å². The van der Waals surface area contributed by atoms with Gasteiger partial charge in [0.25, 0.3) is 0 Å². The minimum Gasteiger partial charge on any atom is -0.376 e. The van der Waals surface area contributed by atoms with Gasteiger partial charge >= 0.3 is 0 Å². The SMILES string of the molecule is CC(C)NC(=O)[C@@H](C)N1CCN(C(=O)COC[C@H]2CCCO2)CC1. The summed E-state index contributed by atoms with van der Waals surface area (Å²) in [5, 5.41) is 2.94. The monoisotopic (exact) mass is 341 g/mol. The first kappa shape index (κ1) is 19.1. The third kappa shape index (κ3) is 5.72. The number of amides is 2. The Bertz CT molecular complexity index is 416. The van der Waals surface area contributed by atoms with Crippen LogP contribution < -0.4 is 5.32 Å². The normalized spacial score (nSPS) is 23.5. The van der Waals surface area contributed by atoms with E-state index in [9.17, 15) is 9.59 Å². The van der Waals surface area contributed by atoms with Crippen LogP contribution in [0.4, 0.5) is 0 Å². The Balaban J connectivity index is 1.65. The molecule has 0 saturated carbocycles. The van der Waals surface area contributed by atoms with E-state index in [2.05, 4.69) is 10.2 Å². The average molecular weight is 341 g/mol. The van der Waals surface area contributed by atoms with Crippen LogP contribution in [0, 0.1) is 0 Å². The summed E-state index contributed by atoms with van der Waals surface area (Å²) in [7, 11) is 0. The summed E-state index contributed by atoms with van der Waals surface area (Å²) in [6, 6.07) is -0.0239. The summed E-state index contributed by atoms with van der Waals surface area (Å²) in [5.74, 6) is 0.0663. The van der Waals surface area contributed by atoms with Crippen LogP contribution in [-0.4, -0.2) is 85.8 Å². The molecule has 0 spiro atoms. The highest BCUT2D eigenvalue weighted by Gasteiger charge is 2.27. The van der Waals surface area contributed by atoms with Crippen molar-refractivity contribution in [2.24, 2.45) is 0 Å². The van der Waals surface area contributed by atoms with Crippen molar-refractivity contribution in [2.75, 3.05) is 46.0 Å². The number of hydrogen-bond acceptors (Lipinski definition) is 5. The van der Waals surface area contributed by atoms with E-state index >= 15 is 0 Å². The molecule has 1 N–H and O–H groups in total. The molecule has 2 aliphatic heterocycles. The maximum atomic E-state index is 12.2. The van der Waals surface area contributed by atoms with Crippen molar-refractivity contribution < 1.29 is 19.1 Å². The Hall–Kier alpha value is -1.18. The van der Waals surface area contributed by atoms with Crippen LogP contribution >= 0.6 is 0 Å². The van der Waals surface area contributed by atoms with Crippen LogP contribution in [0.3, 0.4) is 0 Å². The quantitative estimate of drug-likeness (QED) is 0.718. The molecule has 0 aliphatic carbocycles. The van der Waals surface area contributed by atoms with E-state index < -0.39 is 0 Å². The van der Waals surface area contributed by atoms with Gasteiger partial charge < -0.3 is 19.7 Å². The molecule has 0 aromatic carbocycles. The number of nitrogens with zero attached hydrogens (tertiary/aromatic N) is 2. The van der Waals surface area contributed by atoms with Crippen LogP contribution in [-0.2, 0) is 19.1 Å². The van der Waals surface area contributed by atoms with E-state index in [1.807, 2.05) is 25.7 Å². The third-order valence-electron chi connectivity index (χ3n) is 4.58. The molecule has 138 valence electrons. The molecule has 7 nitrogen and oxygen atoms in total. The number of hydrogen-bond donors (Lipinski definition) is 1. The van der Waals surface area contributed by atoms with Crippen LogP contribution in [0.5, 0.6) is 0 Å². The van der Waals surface area contributed by atoms with Crippen molar-refractivity contribution in [3.63, 3.8) is 0 Å². The minimum absolute atomic E-state index is 0.0203. The molecule has 2 fully saturated rings. The molecular weight excluding hydrogens is 310 g/mol. The fraction of sp³-hybridized carbons (Fsp3) is 0.882. The highest BCUT2D eigenvalue weighted by Crippen LogP contribution is 2.12. The summed E-state index contributed by atoms with van der Waals surface area (Å²) in [6.07, 6.45) is 2.24. The zero-order valence-corrected chi connectivity index (χ0v) is 15.1. The summed E-state index contributed by atoms with van der Waals surface area (Å²) in [4.78, 5) is 28.2. The van der Waals surface area contributed by atoms with Gasteiger partial charge in [-0.05, 0) is 33.6 Å². The van der Waals surface area contributed by atoms with Crippen LogP contribution in [0.15, 0.2) is 0 Å². The van der Waals surface area contributed by atoms with Crippen molar-refractivity contribution in [3.05, 3.63) is 0 Å². The molecule has 0 aromatic heterocycles. The van der Waals surface area contributed by atoms with E-state index in [1.54, 1.807) is 0 Å². The summed E-state index contributed by atoms with van der Waals surface area (Å²) in [6.45, 7) is 9.95. The summed E-state index contributed by atoms with van der Waals surface area (Å²) >= 11 is 0. The molecule has 7 heteroatoms. The van der Waals surface area contributed by atoms with Gasteiger partial charge in [-0.1, -0.05) is 0 Å². The molecule has 2 heterocycles. The van der Waals surface area contributed by atoms with E-state index in [4.69, 9.17) is 9.47 Å². The predicted molar refractivity (Wildman–Crippen MR) is 90.7 cm³/mol. The fourth-order valence-corrected chi connectivity index (χ4v) is 3.07. The van der Waals surface area contributed by atoms with Gasteiger partial charge in [-0.3, -0.25) is 14.5 Å². The predicted octanol–water partition coefficient (Wildman–Crippen LogP) is 0.239. The van der Waals surface area contributed by atoms with E-state index in [0.29, 0.717) is 32.8 Å². The Morgan fingerprint density at radius 2 is 1.92 bits per heavy atom. The molecule has 2 saturated heterocycles. The van der Waals surface area contributed by atoms with Gasteiger partial charge in [-0.15, -0.1) is 0 Å². The second-order valence-electron chi connectivity index (χ2n) is 6.91. The molecule has 0 radical (unpaired) electrons. The standard InChI is InChI=1S/C17H31N3O4/c1-13(2)18-17(22)14(3)19-6-8-20(9-7-19)16(21)12-23-11-15-5-4-10-24-15/h13-15H,4-12H2,1-3H3,(H,18,22)/t14-,15-/m1/s1. The van der Waals surface area contributed by atoms with Gasteiger partial charge in [0.1, 0.15) is 6.61 Å². The lowest BCUT2D eigenvalue weighted by Crippen LogP contribution is -2.56. The van der Waals surface area contributed by atoms with Gasteiger partial charge in [0.05, 0.1) is 18.8 Å². The molecule has 24 heavy (non-hydrogen) atoms. The van der Waals surface area contributed by atoms with E-state index in [1.165, 1.54) is 0 Å². The van der Waals surface area contributed by atoms with Gasteiger partial charge in [-0.2, -0.15) is 0 Å². The lowest BCUT2D eigenvalue weighted by atomic mass is 10.2. The molecule has 0 unspecified atom stereocenters. The molecule has 0 aromatic rings. The molecule has 2 rings (SSSR count). The van der Waals surface area contributed by atoms with Gasteiger partial charge in [0, 0.05) is 38.8 Å². The molecule has 2 atom stereocenters. The highest BCUT2D eigenvalue weighted by atomic mass is 16.5. The van der Waals surface area contributed by atoms with Crippen molar-refractivity contribution in [3.8, 4) is 0 Å². The smallest absolute Gasteiger partial charge is 0.248 e. The van der Waals surface area contributed by atoms with Crippen molar-refractivity contribution in [2.45, 2.75) is 51.8 Å². The fourth-order valence-electron chi connectivity index (χ4n) is 3.07. The Kier molecular flexibility index (Phi) is 7.45. The number of carbonyl (C=O) groups is 2. The van der Waals surface area contributed by atoms with Crippen LogP contribution in [0.25, 0.3) is 0 Å². The van der Waals surface area contributed by atoms with Gasteiger partial charge in [0.15, 0.2) is 0 Å². The Labute approximate surface area is 144 Å². The summed E-state index contributed by atoms with van der Waals surface area (Å²) < 4.78 is 11.0. The number of nitrogens with one attached hydrogen (secondary N) is 1. The number of piperazine rings is 1. The molecular formula is C17H31N3O4. The maximum absolute atomic E-state index is 12.2. The largest absolute Gasteiger partial charge is 0.376 e. The van der Waals surface area contributed by atoms with Crippen LogP contribution in [0.1, 0.15) is 33.6 Å². The zero-order chi connectivity index (χ0) is 17.5. The first-order chi connectivity index (χ1) is 11.5. The van der Waals surface area contributed by atoms with E-state index in [-0.39, 0.29) is 36.6 Å². The zero-order valence-electron chi connectivity index (χ0n) is 15.1. The Morgan fingerprint density at radius 1 is 1.21 bits per heavy atom.